The monoisotopic (exact) mass is 184 g/mol. The molecule has 1 unspecified atom stereocenters. The van der Waals surface area contributed by atoms with Gasteiger partial charge in [0, 0.05) is 12.3 Å². The molecule has 0 aromatic carbocycles. The standard InChI is InChI=1S/C10H16O3/c1-3-8(11)9-6(2)4-5-7(9)10(12)13/h6-7,9H,3-5H2,1-2H3,(H,12,13)/t6-,7+,9?/m0/s1. The smallest absolute Gasteiger partial charge is 0.307 e. The molecule has 3 heteroatoms. The average Bonchev–Trinajstić information content (AvgIpc) is 2.46. The molecule has 3 atom stereocenters. The van der Waals surface area contributed by atoms with Gasteiger partial charge in [-0.25, -0.2) is 0 Å². The summed E-state index contributed by atoms with van der Waals surface area (Å²) in [7, 11) is 0. The lowest BCUT2D eigenvalue weighted by atomic mass is 9.85. The van der Waals surface area contributed by atoms with E-state index in [9.17, 15) is 9.59 Å². The first-order valence-corrected chi connectivity index (χ1v) is 4.83. The lowest BCUT2D eigenvalue weighted by Crippen LogP contribution is -2.28. The zero-order valence-corrected chi connectivity index (χ0v) is 8.12. The van der Waals surface area contributed by atoms with Crippen LogP contribution in [0.25, 0.3) is 0 Å². The summed E-state index contributed by atoms with van der Waals surface area (Å²) in [5.41, 5.74) is 0. The van der Waals surface area contributed by atoms with Crippen molar-refractivity contribution in [2.45, 2.75) is 33.1 Å². The predicted octanol–water partition coefficient (Wildman–Crippen LogP) is 1.71. The van der Waals surface area contributed by atoms with E-state index in [0.717, 1.165) is 6.42 Å². The third kappa shape index (κ3) is 1.90. The average molecular weight is 184 g/mol. The van der Waals surface area contributed by atoms with Crippen molar-refractivity contribution < 1.29 is 14.7 Å². The van der Waals surface area contributed by atoms with Gasteiger partial charge in [-0.15, -0.1) is 0 Å². The fourth-order valence-corrected chi connectivity index (χ4v) is 2.25. The third-order valence-electron chi connectivity index (χ3n) is 3.02. The van der Waals surface area contributed by atoms with E-state index in [4.69, 9.17) is 5.11 Å². The van der Waals surface area contributed by atoms with Crippen molar-refractivity contribution in [2.24, 2.45) is 17.8 Å². The Morgan fingerprint density at radius 3 is 2.46 bits per heavy atom. The highest BCUT2D eigenvalue weighted by atomic mass is 16.4. The molecular formula is C10H16O3. The topological polar surface area (TPSA) is 54.4 Å². The minimum Gasteiger partial charge on any atom is -0.481 e. The summed E-state index contributed by atoms with van der Waals surface area (Å²) in [6.45, 7) is 3.77. The fourth-order valence-electron chi connectivity index (χ4n) is 2.25. The molecule has 3 nitrogen and oxygen atoms in total. The van der Waals surface area contributed by atoms with Crippen LogP contribution in [-0.4, -0.2) is 16.9 Å². The minimum absolute atomic E-state index is 0.109. The molecule has 0 bridgehead atoms. The summed E-state index contributed by atoms with van der Waals surface area (Å²) in [5.74, 6) is -1.12. The van der Waals surface area contributed by atoms with Gasteiger partial charge in [-0.2, -0.15) is 0 Å². The molecular weight excluding hydrogens is 168 g/mol. The molecule has 0 radical (unpaired) electrons. The zero-order chi connectivity index (χ0) is 10.0. The second-order valence-corrected chi connectivity index (χ2v) is 3.85. The molecule has 1 rings (SSSR count). The minimum atomic E-state index is -0.809. The van der Waals surface area contributed by atoms with Crippen LogP contribution < -0.4 is 0 Å². The fraction of sp³-hybridized carbons (Fsp3) is 0.800. The number of carboxylic acids is 1. The number of ketones is 1. The summed E-state index contributed by atoms with van der Waals surface area (Å²) in [6.07, 6.45) is 1.99. The van der Waals surface area contributed by atoms with Crippen LogP contribution >= 0.6 is 0 Å². The second-order valence-electron chi connectivity index (χ2n) is 3.85. The Balaban J connectivity index is 2.76. The Hall–Kier alpha value is -0.860. The van der Waals surface area contributed by atoms with Crippen molar-refractivity contribution in [1.82, 2.24) is 0 Å². The number of rotatable bonds is 3. The van der Waals surface area contributed by atoms with Gasteiger partial charge < -0.3 is 5.11 Å². The van der Waals surface area contributed by atoms with Crippen molar-refractivity contribution in [1.29, 1.82) is 0 Å². The van der Waals surface area contributed by atoms with E-state index >= 15 is 0 Å². The maximum absolute atomic E-state index is 11.5. The summed E-state index contributed by atoms with van der Waals surface area (Å²) < 4.78 is 0. The molecule has 0 amide bonds. The summed E-state index contributed by atoms with van der Waals surface area (Å²) >= 11 is 0. The number of hydrogen-bond acceptors (Lipinski definition) is 2. The summed E-state index contributed by atoms with van der Waals surface area (Å²) in [5, 5.41) is 8.89. The Morgan fingerprint density at radius 2 is 2.00 bits per heavy atom. The molecule has 1 aliphatic rings. The molecule has 0 heterocycles. The zero-order valence-electron chi connectivity index (χ0n) is 8.12. The van der Waals surface area contributed by atoms with Gasteiger partial charge in [0.05, 0.1) is 5.92 Å². The first kappa shape index (κ1) is 10.2. The Bertz CT molecular complexity index is 222. The number of aliphatic carboxylic acids is 1. The van der Waals surface area contributed by atoms with Crippen molar-refractivity contribution >= 4 is 11.8 Å². The van der Waals surface area contributed by atoms with Crippen molar-refractivity contribution in [3.05, 3.63) is 0 Å². The van der Waals surface area contributed by atoms with Gasteiger partial charge in [-0.1, -0.05) is 13.8 Å². The predicted molar refractivity (Wildman–Crippen MR) is 48.3 cm³/mol. The number of carbonyl (C=O) groups is 2. The van der Waals surface area contributed by atoms with E-state index in [2.05, 4.69) is 0 Å². The van der Waals surface area contributed by atoms with E-state index in [0.29, 0.717) is 12.8 Å². The SMILES string of the molecule is CCC(=O)C1[C@@H](C)CC[C@H]1C(=O)O. The molecule has 0 saturated heterocycles. The highest BCUT2D eigenvalue weighted by Crippen LogP contribution is 2.38. The normalized spacial score (nSPS) is 33.2. The van der Waals surface area contributed by atoms with Crippen LogP contribution in [0.5, 0.6) is 0 Å². The second kappa shape index (κ2) is 3.90. The van der Waals surface area contributed by atoms with Crippen LogP contribution in [0.15, 0.2) is 0 Å². The van der Waals surface area contributed by atoms with E-state index in [1.807, 2.05) is 6.92 Å². The Morgan fingerprint density at radius 1 is 1.38 bits per heavy atom. The van der Waals surface area contributed by atoms with E-state index in [1.54, 1.807) is 6.92 Å². The lowest BCUT2D eigenvalue weighted by Gasteiger charge is -2.17. The number of Topliss-reactive ketones (excluding diaryl/α,β-unsaturated/α-hetero) is 1. The van der Waals surface area contributed by atoms with Crippen LogP contribution in [-0.2, 0) is 9.59 Å². The molecule has 1 N–H and O–H groups in total. The Labute approximate surface area is 78.1 Å². The highest BCUT2D eigenvalue weighted by molar-refractivity contribution is 5.86. The van der Waals surface area contributed by atoms with Crippen LogP contribution in [0.4, 0.5) is 0 Å². The molecule has 74 valence electrons. The van der Waals surface area contributed by atoms with Crippen LogP contribution in [0, 0.1) is 17.8 Å². The Kier molecular flexibility index (Phi) is 3.07. The maximum Gasteiger partial charge on any atom is 0.307 e. The molecule has 1 fully saturated rings. The number of hydrogen-bond donors (Lipinski definition) is 1. The van der Waals surface area contributed by atoms with Gasteiger partial charge in [-0.05, 0) is 18.8 Å². The van der Waals surface area contributed by atoms with E-state index < -0.39 is 11.9 Å². The quantitative estimate of drug-likeness (QED) is 0.726. The van der Waals surface area contributed by atoms with Crippen molar-refractivity contribution in [3.8, 4) is 0 Å². The van der Waals surface area contributed by atoms with Gasteiger partial charge in [0.15, 0.2) is 0 Å². The van der Waals surface area contributed by atoms with Gasteiger partial charge >= 0.3 is 5.97 Å². The molecule has 1 saturated carbocycles. The molecule has 13 heavy (non-hydrogen) atoms. The molecule has 0 aliphatic heterocycles. The van der Waals surface area contributed by atoms with Crippen LogP contribution in [0.2, 0.25) is 0 Å². The van der Waals surface area contributed by atoms with E-state index in [-0.39, 0.29) is 17.6 Å². The molecule has 0 aromatic rings. The van der Waals surface area contributed by atoms with Crippen LogP contribution in [0.3, 0.4) is 0 Å². The van der Waals surface area contributed by atoms with Gasteiger partial charge in [0.1, 0.15) is 5.78 Å². The van der Waals surface area contributed by atoms with E-state index in [1.165, 1.54) is 0 Å². The van der Waals surface area contributed by atoms with Gasteiger partial charge in [0.25, 0.3) is 0 Å². The van der Waals surface area contributed by atoms with Crippen molar-refractivity contribution in [2.75, 3.05) is 0 Å². The molecule has 1 aliphatic carbocycles. The van der Waals surface area contributed by atoms with Gasteiger partial charge in [-0.3, -0.25) is 9.59 Å². The first-order chi connectivity index (χ1) is 6.07. The molecule has 0 spiro atoms. The van der Waals surface area contributed by atoms with Crippen LogP contribution in [0.1, 0.15) is 33.1 Å². The van der Waals surface area contributed by atoms with Gasteiger partial charge in [0.2, 0.25) is 0 Å². The summed E-state index contributed by atoms with van der Waals surface area (Å²) in [6, 6.07) is 0. The number of carboxylic acid groups (broad SMARTS) is 1. The highest BCUT2D eigenvalue weighted by Gasteiger charge is 2.41. The lowest BCUT2D eigenvalue weighted by molar-refractivity contribution is -0.146. The summed E-state index contributed by atoms with van der Waals surface area (Å²) in [4.78, 5) is 22.3. The maximum atomic E-state index is 11.5. The van der Waals surface area contributed by atoms with Crippen molar-refractivity contribution in [3.63, 3.8) is 0 Å². The first-order valence-electron chi connectivity index (χ1n) is 4.83. The number of carbonyl (C=O) groups excluding carboxylic acids is 1. The largest absolute Gasteiger partial charge is 0.481 e. The third-order valence-corrected chi connectivity index (χ3v) is 3.02. The molecule has 0 aromatic heterocycles.